The molecule has 1 saturated heterocycles. The third-order valence-electron chi connectivity index (χ3n) is 2.48. The molecule has 1 aliphatic heterocycles. The molecule has 0 aromatic rings. The minimum atomic E-state index is -0.935. The summed E-state index contributed by atoms with van der Waals surface area (Å²) in [6.07, 6.45) is -0.0201. The molecule has 6 nitrogen and oxygen atoms in total. The lowest BCUT2D eigenvalue weighted by atomic mass is 10.2. The maximum Gasteiger partial charge on any atom is 0.303 e. The first kappa shape index (κ1) is 10.9. The van der Waals surface area contributed by atoms with E-state index < -0.39 is 5.97 Å². The highest BCUT2D eigenvalue weighted by Crippen LogP contribution is 2.06. The molecule has 0 spiro atoms. The Hall–Kier alpha value is -1.14. The number of carboxylic acid groups (broad SMARTS) is 1. The summed E-state index contributed by atoms with van der Waals surface area (Å²) in [5.74, 6) is -1.04. The number of quaternary nitrogens is 2. The number of carbonyl (C=O) groups excluding carboxylic acids is 1. The molecule has 0 aromatic carbocycles. The van der Waals surface area contributed by atoms with Crippen LogP contribution in [0.1, 0.15) is 12.8 Å². The van der Waals surface area contributed by atoms with Gasteiger partial charge in [0.05, 0.1) is 19.5 Å². The monoisotopic (exact) mass is 203 g/mol. The van der Waals surface area contributed by atoms with Crippen molar-refractivity contribution in [3.05, 3.63) is 0 Å². The molecule has 0 aliphatic carbocycles. The molecule has 0 unspecified atom stereocenters. The van der Waals surface area contributed by atoms with Gasteiger partial charge in [0.15, 0.2) is 12.1 Å². The minimum absolute atomic E-state index is 0.0781. The van der Waals surface area contributed by atoms with Gasteiger partial charge in [0.25, 0.3) is 0 Å². The molecule has 1 amide bonds. The standard InChI is InChI=1S/C8H15N3O3/c9-5-3-11(4-6(5)10)7(12)1-2-8(13)14/h5-6H,1-4,9-10H2,(H,13,14)/p+2/t5-,6-/m0/s1. The highest BCUT2D eigenvalue weighted by atomic mass is 16.4. The van der Waals surface area contributed by atoms with Gasteiger partial charge < -0.3 is 21.5 Å². The molecule has 6 heteroatoms. The zero-order valence-electron chi connectivity index (χ0n) is 8.11. The first-order valence-corrected chi connectivity index (χ1v) is 4.66. The fourth-order valence-corrected chi connectivity index (χ4v) is 1.51. The SMILES string of the molecule is [NH3+][C@H]1CN(C(=O)CCC(=O)O)C[C@@H]1[NH3+]. The number of carboxylic acids is 1. The predicted octanol–water partition coefficient (Wildman–Crippen LogP) is -3.09. The Morgan fingerprint density at radius 3 is 2.14 bits per heavy atom. The van der Waals surface area contributed by atoms with E-state index in [1.54, 1.807) is 4.90 Å². The van der Waals surface area contributed by atoms with E-state index in [1.165, 1.54) is 0 Å². The van der Waals surface area contributed by atoms with Crippen molar-refractivity contribution in [3.63, 3.8) is 0 Å². The van der Waals surface area contributed by atoms with Crippen LogP contribution in [-0.4, -0.2) is 47.1 Å². The van der Waals surface area contributed by atoms with E-state index in [-0.39, 0.29) is 30.8 Å². The lowest BCUT2D eigenvalue weighted by Gasteiger charge is -2.12. The summed E-state index contributed by atoms with van der Waals surface area (Å²) in [6, 6.07) is 0.340. The third kappa shape index (κ3) is 2.68. The van der Waals surface area contributed by atoms with Crippen molar-refractivity contribution in [2.75, 3.05) is 13.1 Å². The number of likely N-dealkylation sites (tertiary alicyclic amines) is 1. The summed E-state index contributed by atoms with van der Waals surface area (Å²) in [7, 11) is 0. The fraction of sp³-hybridized carbons (Fsp3) is 0.750. The lowest BCUT2D eigenvalue weighted by molar-refractivity contribution is -0.515. The van der Waals surface area contributed by atoms with Crippen LogP contribution in [0.3, 0.4) is 0 Å². The second-order valence-electron chi connectivity index (χ2n) is 3.71. The van der Waals surface area contributed by atoms with Crippen LogP contribution >= 0.6 is 0 Å². The molecule has 80 valence electrons. The summed E-state index contributed by atoms with van der Waals surface area (Å²) >= 11 is 0. The Labute approximate surface area is 81.8 Å². The molecule has 1 aliphatic rings. The van der Waals surface area contributed by atoms with Crippen molar-refractivity contribution in [2.24, 2.45) is 0 Å². The normalized spacial score (nSPS) is 26.6. The molecule has 1 fully saturated rings. The molecule has 0 bridgehead atoms. The van der Waals surface area contributed by atoms with Crippen LogP contribution in [0, 0.1) is 0 Å². The van der Waals surface area contributed by atoms with Gasteiger partial charge in [-0.3, -0.25) is 9.59 Å². The van der Waals surface area contributed by atoms with Gasteiger partial charge in [0.1, 0.15) is 0 Å². The van der Waals surface area contributed by atoms with Crippen LogP contribution < -0.4 is 11.5 Å². The zero-order valence-corrected chi connectivity index (χ0v) is 8.11. The average molecular weight is 203 g/mol. The maximum atomic E-state index is 11.4. The van der Waals surface area contributed by atoms with Crippen LogP contribution in [0.5, 0.6) is 0 Å². The highest BCUT2D eigenvalue weighted by Gasteiger charge is 2.35. The van der Waals surface area contributed by atoms with E-state index >= 15 is 0 Å². The summed E-state index contributed by atoms with van der Waals surface area (Å²) in [5.41, 5.74) is 7.75. The first-order chi connectivity index (χ1) is 6.50. The van der Waals surface area contributed by atoms with E-state index in [4.69, 9.17) is 5.11 Å². The number of carbonyl (C=O) groups is 2. The number of aliphatic carboxylic acids is 1. The van der Waals surface area contributed by atoms with E-state index in [0.717, 1.165) is 0 Å². The van der Waals surface area contributed by atoms with Crippen LogP contribution in [-0.2, 0) is 9.59 Å². The molecular weight excluding hydrogens is 186 g/mol. The number of nitrogens with zero attached hydrogens (tertiary/aromatic N) is 1. The average Bonchev–Trinajstić information content (AvgIpc) is 2.43. The van der Waals surface area contributed by atoms with Crippen molar-refractivity contribution in [1.82, 2.24) is 4.90 Å². The first-order valence-electron chi connectivity index (χ1n) is 4.66. The van der Waals surface area contributed by atoms with Crippen LogP contribution in [0.15, 0.2) is 0 Å². The predicted molar refractivity (Wildman–Crippen MR) is 46.8 cm³/mol. The highest BCUT2D eigenvalue weighted by molar-refractivity contribution is 5.81. The smallest absolute Gasteiger partial charge is 0.303 e. The Morgan fingerprint density at radius 2 is 1.71 bits per heavy atom. The molecule has 1 rings (SSSR count). The fourth-order valence-electron chi connectivity index (χ4n) is 1.51. The van der Waals surface area contributed by atoms with Crippen LogP contribution in [0.4, 0.5) is 0 Å². The van der Waals surface area contributed by atoms with E-state index in [2.05, 4.69) is 11.5 Å². The number of hydrogen-bond donors (Lipinski definition) is 3. The molecule has 0 saturated carbocycles. The summed E-state index contributed by atoms with van der Waals surface area (Å²) in [5, 5.41) is 8.41. The zero-order chi connectivity index (χ0) is 10.7. The molecule has 1 heterocycles. The van der Waals surface area contributed by atoms with Gasteiger partial charge in [-0.25, -0.2) is 0 Å². The van der Waals surface area contributed by atoms with Gasteiger partial charge in [-0.2, -0.15) is 0 Å². The van der Waals surface area contributed by atoms with Crippen molar-refractivity contribution < 1.29 is 26.2 Å². The maximum absolute atomic E-state index is 11.4. The molecule has 14 heavy (non-hydrogen) atoms. The Morgan fingerprint density at radius 1 is 1.21 bits per heavy atom. The van der Waals surface area contributed by atoms with Gasteiger partial charge in [-0.05, 0) is 0 Å². The summed E-state index contributed by atoms with van der Waals surface area (Å²) < 4.78 is 0. The van der Waals surface area contributed by atoms with Crippen LogP contribution in [0.2, 0.25) is 0 Å². The van der Waals surface area contributed by atoms with E-state index in [0.29, 0.717) is 13.1 Å². The van der Waals surface area contributed by atoms with Crippen molar-refractivity contribution in [1.29, 1.82) is 0 Å². The van der Waals surface area contributed by atoms with E-state index in [9.17, 15) is 9.59 Å². The van der Waals surface area contributed by atoms with Crippen molar-refractivity contribution in [2.45, 2.75) is 24.9 Å². The van der Waals surface area contributed by atoms with Crippen molar-refractivity contribution in [3.8, 4) is 0 Å². The quantitative estimate of drug-likeness (QED) is 0.452. The Balaban J connectivity index is 2.36. The van der Waals surface area contributed by atoms with Crippen molar-refractivity contribution >= 4 is 11.9 Å². The summed E-state index contributed by atoms with van der Waals surface area (Å²) in [6.45, 7) is 1.21. The molecular formula is C8H17N3O3+2. The number of amides is 1. The Kier molecular flexibility index (Phi) is 3.43. The topological polar surface area (TPSA) is 113 Å². The number of rotatable bonds is 3. The van der Waals surface area contributed by atoms with Gasteiger partial charge in [0, 0.05) is 6.42 Å². The lowest BCUT2D eigenvalue weighted by Crippen LogP contribution is -2.79. The third-order valence-corrected chi connectivity index (χ3v) is 2.48. The number of hydrogen-bond acceptors (Lipinski definition) is 2. The van der Waals surface area contributed by atoms with Gasteiger partial charge in [-0.15, -0.1) is 0 Å². The minimum Gasteiger partial charge on any atom is -0.481 e. The second kappa shape index (κ2) is 4.39. The molecule has 7 N–H and O–H groups in total. The second-order valence-corrected chi connectivity index (χ2v) is 3.71. The van der Waals surface area contributed by atoms with Gasteiger partial charge in [0.2, 0.25) is 5.91 Å². The Bertz CT molecular complexity index is 234. The molecule has 2 atom stereocenters. The summed E-state index contributed by atoms with van der Waals surface area (Å²) in [4.78, 5) is 23.4. The molecule has 0 aromatic heterocycles. The van der Waals surface area contributed by atoms with E-state index in [1.807, 2.05) is 0 Å². The van der Waals surface area contributed by atoms with Gasteiger partial charge >= 0.3 is 5.97 Å². The largest absolute Gasteiger partial charge is 0.481 e. The van der Waals surface area contributed by atoms with Crippen LogP contribution in [0.25, 0.3) is 0 Å². The van der Waals surface area contributed by atoms with Gasteiger partial charge in [-0.1, -0.05) is 0 Å². The molecule has 0 radical (unpaired) electrons.